The molecule has 0 radical (unpaired) electrons. The predicted molar refractivity (Wildman–Crippen MR) is 75.7 cm³/mol. The number of nitrogens with one attached hydrogen (secondary N) is 1. The standard InChI is InChI=1S/C13H11BrN2O4/c1-6(13(19)20)15-12(18)9-10(17)7-4-2-3-5-8(7)11(14)16-9/h2-6,17H,1H3,(H,15,18)(H,19,20). The van der Waals surface area contributed by atoms with Gasteiger partial charge >= 0.3 is 5.97 Å². The van der Waals surface area contributed by atoms with Gasteiger partial charge in [0, 0.05) is 10.8 Å². The lowest BCUT2D eigenvalue weighted by atomic mass is 10.1. The first-order chi connectivity index (χ1) is 9.41. The van der Waals surface area contributed by atoms with Crippen molar-refractivity contribution in [3.63, 3.8) is 0 Å². The number of benzene rings is 1. The Labute approximate surface area is 122 Å². The summed E-state index contributed by atoms with van der Waals surface area (Å²) in [5.74, 6) is -2.19. The SMILES string of the molecule is CC(NC(=O)c1nc(Br)c2ccccc2c1O)C(=O)O. The summed E-state index contributed by atoms with van der Waals surface area (Å²) in [6, 6.07) is 5.81. The van der Waals surface area contributed by atoms with Gasteiger partial charge in [-0.2, -0.15) is 0 Å². The van der Waals surface area contributed by atoms with Gasteiger partial charge in [-0.1, -0.05) is 24.3 Å². The molecule has 0 fully saturated rings. The predicted octanol–water partition coefficient (Wildman–Crippen LogP) is 1.91. The lowest BCUT2D eigenvalue weighted by Crippen LogP contribution is -2.38. The van der Waals surface area contributed by atoms with Crippen molar-refractivity contribution in [1.82, 2.24) is 10.3 Å². The van der Waals surface area contributed by atoms with E-state index in [1.165, 1.54) is 6.92 Å². The molecule has 1 unspecified atom stereocenters. The van der Waals surface area contributed by atoms with Crippen LogP contribution in [0.5, 0.6) is 5.75 Å². The average molecular weight is 339 g/mol. The summed E-state index contributed by atoms with van der Waals surface area (Å²) in [7, 11) is 0. The fourth-order valence-electron chi connectivity index (χ4n) is 1.69. The number of aromatic hydroxyl groups is 1. The summed E-state index contributed by atoms with van der Waals surface area (Å²) in [4.78, 5) is 26.7. The zero-order chi connectivity index (χ0) is 14.9. The van der Waals surface area contributed by atoms with Crippen LogP contribution in [0.1, 0.15) is 17.4 Å². The van der Waals surface area contributed by atoms with Crippen LogP contribution in [0.25, 0.3) is 10.8 Å². The third-order valence-electron chi connectivity index (χ3n) is 2.77. The first-order valence-corrected chi connectivity index (χ1v) is 6.52. The minimum absolute atomic E-state index is 0.219. The van der Waals surface area contributed by atoms with Gasteiger partial charge in [0.05, 0.1) is 0 Å². The number of hydrogen-bond donors (Lipinski definition) is 3. The Morgan fingerprint density at radius 1 is 1.30 bits per heavy atom. The zero-order valence-electron chi connectivity index (χ0n) is 10.4. The number of fused-ring (bicyclic) bond motifs is 1. The number of pyridine rings is 1. The second kappa shape index (κ2) is 5.46. The van der Waals surface area contributed by atoms with Gasteiger partial charge in [-0.25, -0.2) is 4.98 Å². The van der Waals surface area contributed by atoms with Gasteiger partial charge in [0.15, 0.2) is 11.4 Å². The van der Waals surface area contributed by atoms with Crippen molar-refractivity contribution in [2.45, 2.75) is 13.0 Å². The molecule has 0 aliphatic heterocycles. The van der Waals surface area contributed by atoms with E-state index >= 15 is 0 Å². The second-order valence-electron chi connectivity index (χ2n) is 4.18. The van der Waals surface area contributed by atoms with Gasteiger partial charge in [0.2, 0.25) is 0 Å². The molecule has 1 heterocycles. The minimum Gasteiger partial charge on any atom is -0.505 e. The Kier molecular flexibility index (Phi) is 3.89. The molecule has 6 nitrogen and oxygen atoms in total. The van der Waals surface area contributed by atoms with Crippen LogP contribution in [-0.4, -0.2) is 33.1 Å². The number of aromatic nitrogens is 1. The van der Waals surface area contributed by atoms with Gasteiger partial charge in [0.1, 0.15) is 10.6 Å². The molecule has 1 aromatic carbocycles. The quantitative estimate of drug-likeness (QED) is 0.742. The molecule has 1 aromatic heterocycles. The Hall–Kier alpha value is -2.15. The maximum Gasteiger partial charge on any atom is 0.325 e. The average Bonchev–Trinajstić information content (AvgIpc) is 2.42. The van der Waals surface area contributed by atoms with Crippen LogP contribution in [0, 0.1) is 0 Å². The third kappa shape index (κ3) is 2.57. The zero-order valence-corrected chi connectivity index (χ0v) is 12.0. The van der Waals surface area contributed by atoms with Gasteiger partial charge in [-0.05, 0) is 22.9 Å². The Balaban J connectivity index is 2.47. The molecule has 2 aromatic rings. The molecule has 20 heavy (non-hydrogen) atoms. The molecule has 0 saturated carbocycles. The van der Waals surface area contributed by atoms with Crippen molar-refractivity contribution < 1.29 is 19.8 Å². The number of aliphatic carboxylic acids is 1. The van der Waals surface area contributed by atoms with E-state index in [9.17, 15) is 14.7 Å². The lowest BCUT2D eigenvalue weighted by Gasteiger charge is -2.11. The van der Waals surface area contributed by atoms with E-state index in [0.717, 1.165) is 0 Å². The van der Waals surface area contributed by atoms with Gasteiger partial charge < -0.3 is 15.5 Å². The van der Waals surface area contributed by atoms with Crippen LogP contribution in [0.4, 0.5) is 0 Å². The first kappa shape index (κ1) is 14.3. The molecule has 0 aliphatic carbocycles. The Bertz CT molecular complexity index is 702. The van der Waals surface area contributed by atoms with E-state index in [4.69, 9.17) is 5.11 Å². The monoisotopic (exact) mass is 338 g/mol. The number of carboxylic acids is 1. The lowest BCUT2D eigenvalue weighted by molar-refractivity contribution is -0.138. The number of carbonyl (C=O) groups is 2. The van der Waals surface area contributed by atoms with Crippen LogP contribution in [0.2, 0.25) is 0 Å². The molecule has 0 saturated heterocycles. The first-order valence-electron chi connectivity index (χ1n) is 5.72. The van der Waals surface area contributed by atoms with Crippen molar-refractivity contribution in [2.24, 2.45) is 0 Å². The number of halogens is 1. The number of nitrogens with zero attached hydrogens (tertiary/aromatic N) is 1. The summed E-state index contributed by atoms with van der Waals surface area (Å²) in [6.45, 7) is 1.33. The maximum absolute atomic E-state index is 12.0. The third-order valence-corrected chi connectivity index (χ3v) is 3.38. The summed E-state index contributed by atoms with van der Waals surface area (Å²) in [5, 5.41) is 22.2. The summed E-state index contributed by atoms with van der Waals surface area (Å²) in [6.07, 6.45) is 0. The van der Waals surface area contributed by atoms with Crippen molar-refractivity contribution in [3.8, 4) is 5.75 Å². The summed E-state index contributed by atoms with van der Waals surface area (Å²) < 4.78 is 0.402. The van der Waals surface area contributed by atoms with E-state index in [0.29, 0.717) is 15.4 Å². The molecule has 3 N–H and O–H groups in total. The molecule has 1 atom stereocenters. The molecule has 0 aliphatic rings. The number of hydrogen-bond acceptors (Lipinski definition) is 4. The molecule has 104 valence electrons. The van der Waals surface area contributed by atoms with Crippen LogP contribution >= 0.6 is 15.9 Å². The molecule has 2 rings (SSSR count). The van der Waals surface area contributed by atoms with E-state index in [1.807, 2.05) is 0 Å². The molecule has 0 bridgehead atoms. The Morgan fingerprint density at radius 2 is 1.90 bits per heavy atom. The largest absolute Gasteiger partial charge is 0.505 e. The van der Waals surface area contributed by atoms with Crippen molar-refractivity contribution >= 4 is 38.6 Å². The Morgan fingerprint density at radius 3 is 2.50 bits per heavy atom. The highest BCUT2D eigenvalue weighted by Gasteiger charge is 2.21. The smallest absolute Gasteiger partial charge is 0.325 e. The number of carboxylic acid groups (broad SMARTS) is 1. The van der Waals surface area contributed by atoms with Crippen LogP contribution in [0.15, 0.2) is 28.9 Å². The number of carbonyl (C=O) groups excluding carboxylic acids is 1. The number of rotatable bonds is 3. The van der Waals surface area contributed by atoms with E-state index in [1.54, 1.807) is 24.3 Å². The maximum atomic E-state index is 12.0. The van der Waals surface area contributed by atoms with Gasteiger partial charge in [-0.15, -0.1) is 0 Å². The van der Waals surface area contributed by atoms with Crippen LogP contribution in [0.3, 0.4) is 0 Å². The van der Waals surface area contributed by atoms with Gasteiger partial charge in [-0.3, -0.25) is 9.59 Å². The highest BCUT2D eigenvalue weighted by molar-refractivity contribution is 9.10. The highest BCUT2D eigenvalue weighted by atomic mass is 79.9. The fourth-order valence-corrected chi connectivity index (χ4v) is 2.22. The highest BCUT2D eigenvalue weighted by Crippen LogP contribution is 2.31. The van der Waals surface area contributed by atoms with Crippen LogP contribution in [-0.2, 0) is 4.79 Å². The normalized spacial score (nSPS) is 12.1. The van der Waals surface area contributed by atoms with Crippen molar-refractivity contribution in [2.75, 3.05) is 0 Å². The molecule has 0 spiro atoms. The second-order valence-corrected chi connectivity index (χ2v) is 4.93. The number of amides is 1. The molecule has 7 heteroatoms. The van der Waals surface area contributed by atoms with Crippen molar-refractivity contribution in [1.29, 1.82) is 0 Å². The fraction of sp³-hybridized carbons (Fsp3) is 0.154. The van der Waals surface area contributed by atoms with Gasteiger partial charge in [0.25, 0.3) is 5.91 Å². The summed E-state index contributed by atoms with van der Waals surface area (Å²) in [5.41, 5.74) is -0.219. The van der Waals surface area contributed by atoms with Crippen LogP contribution < -0.4 is 5.32 Å². The molecule has 1 amide bonds. The van der Waals surface area contributed by atoms with E-state index in [2.05, 4.69) is 26.2 Å². The summed E-state index contributed by atoms with van der Waals surface area (Å²) >= 11 is 3.23. The minimum atomic E-state index is -1.17. The molecular formula is C13H11BrN2O4. The topological polar surface area (TPSA) is 99.5 Å². The van der Waals surface area contributed by atoms with E-state index in [-0.39, 0.29) is 11.4 Å². The van der Waals surface area contributed by atoms with Crippen molar-refractivity contribution in [3.05, 3.63) is 34.6 Å². The van der Waals surface area contributed by atoms with E-state index < -0.39 is 17.9 Å². The molecular weight excluding hydrogens is 328 g/mol.